The number of carbonyl (C=O) groups is 1. The van der Waals surface area contributed by atoms with Crippen molar-refractivity contribution in [1.82, 2.24) is 10.6 Å². The molecule has 1 amide bonds. The molecule has 1 aliphatic rings. The van der Waals surface area contributed by atoms with Gasteiger partial charge in [-0.15, -0.1) is 0 Å². The van der Waals surface area contributed by atoms with Crippen LogP contribution in [0.2, 0.25) is 0 Å². The number of amides is 1. The number of halogens is 3. The van der Waals surface area contributed by atoms with Gasteiger partial charge in [-0.1, -0.05) is 25.7 Å². The number of hydrogen-bond donors (Lipinski definition) is 3. The highest BCUT2D eigenvalue weighted by molar-refractivity contribution is 5.94. The lowest BCUT2D eigenvalue weighted by Gasteiger charge is -2.16. The second-order valence-corrected chi connectivity index (χ2v) is 5.78. The van der Waals surface area contributed by atoms with Crippen molar-refractivity contribution in [2.24, 2.45) is 0 Å². The van der Waals surface area contributed by atoms with Gasteiger partial charge in [-0.3, -0.25) is 4.79 Å². The summed E-state index contributed by atoms with van der Waals surface area (Å²) in [4.78, 5) is 11.8. The minimum Gasteiger partial charge on any atom is -0.503 e. The molecule has 3 N–H and O–H groups in total. The Kier molecular flexibility index (Phi) is 6.27. The zero-order valence-corrected chi connectivity index (χ0v) is 12.8. The SMILES string of the molecule is O=C(NCCNC1CCCCCC1)c1cc(F)c(F)c(O)c1F. The summed E-state index contributed by atoms with van der Waals surface area (Å²) >= 11 is 0. The van der Waals surface area contributed by atoms with Crippen LogP contribution >= 0.6 is 0 Å². The molecule has 0 bridgehead atoms. The Morgan fingerprint density at radius 2 is 1.74 bits per heavy atom. The predicted molar refractivity (Wildman–Crippen MR) is 79.8 cm³/mol. The summed E-state index contributed by atoms with van der Waals surface area (Å²) < 4.78 is 39.7. The molecule has 1 saturated carbocycles. The van der Waals surface area contributed by atoms with Crippen molar-refractivity contribution in [3.63, 3.8) is 0 Å². The third kappa shape index (κ3) is 4.60. The molecule has 0 aliphatic heterocycles. The molecule has 4 nitrogen and oxygen atoms in total. The lowest BCUT2D eigenvalue weighted by molar-refractivity contribution is 0.0947. The highest BCUT2D eigenvalue weighted by atomic mass is 19.2. The summed E-state index contributed by atoms with van der Waals surface area (Å²) in [5.74, 6) is -7.00. The number of hydrogen-bond acceptors (Lipinski definition) is 3. The van der Waals surface area contributed by atoms with Gasteiger partial charge in [0.25, 0.3) is 5.91 Å². The number of benzene rings is 1. The minimum absolute atomic E-state index is 0.231. The number of carbonyl (C=O) groups excluding carboxylic acids is 1. The van der Waals surface area contributed by atoms with Crippen LogP contribution < -0.4 is 10.6 Å². The summed E-state index contributed by atoms with van der Waals surface area (Å²) in [6.45, 7) is 0.738. The van der Waals surface area contributed by atoms with Crippen molar-refractivity contribution < 1.29 is 23.1 Å². The average molecular weight is 330 g/mol. The minimum atomic E-state index is -1.70. The maximum absolute atomic E-state index is 13.6. The first-order chi connectivity index (χ1) is 11.0. The summed E-state index contributed by atoms with van der Waals surface area (Å²) in [6, 6.07) is 0.858. The van der Waals surface area contributed by atoms with Crippen LogP contribution in [0.25, 0.3) is 0 Å². The van der Waals surface area contributed by atoms with E-state index in [0.717, 1.165) is 12.8 Å². The van der Waals surface area contributed by atoms with Crippen LogP contribution in [0.1, 0.15) is 48.9 Å². The van der Waals surface area contributed by atoms with E-state index in [9.17, 15) is 18.0 Å². The van der Waals surface area contributed by atoms with E-state index < -0.39 is 34.7 Å². The molecule has 1 aromatic rings. The van der Waals surface area contributed by atoms with Crippen LogP contribution in [0.3, 0.4) is 0 Å². The molecular weight excluding hydrogens is 309 g/mol. The van der Waals surface area contributed by atoms with Crippen molar-refractivity contribution in [3.8, 4) is 5.75 Å². The van der Waals surface area contributed by atoms with Crippen LogP contribution in [-0.2, 0) is 0 Å². The van der Waals surface area contributed by atoms with Gasteiger partial charge in [-0.25, -0.2) is 8.78 Å². The van der Waals surface area contributed by atoms with Gasteiger partial charge in [0.05, 0.1) is 5.56 Å². The molecule has 0 atom stereocenters. The molecule has 0 aromatic heterocycles. The van der Waals surface area contributed by atoms with E-state index in [0.29, 0.717) is 18.7 Å². The zero-order chi connectivity index (χ0) is 16.8. The van der Waals surface area contributed by atoms with Crippen molar-refractivity contribution in [2.75, 3.05) is 13.1 Å². The normalized spacial score (nSPS) is 16.1. The van der Waals surface area contributed by atoms with E-state index >= 15 is 0 Å². The molecule has 0 unspecified atom stereocenters. The first-order valence-electron chi connectivity index (χ1n) is 7.88. The van der Waals surface area contributed by atoms with Crippen molar-refractivity contribution in [1.29, 1.82) is 0 Å². The largest absolute Gasteiger partial charge is 0.503 e. The Morgan fingerprint density at radius 1 is 1.09 bits per heavy atom. The Labute approximate surface area is 133 Å². The molecule has 128 valence electrons. The quantitative estimate of drug-likeness (QED) is 0.442. The lowest BCUT2D eigenvalue weighted by atomic mass is 10.1. The Hall–Kier alpha value is -1.76. The molecule has 1 aromatic carbocycles. The van der Waals surface area contributed by atoms with E-state index in [-0.39, 0.29) is 6.54 Å². The monoisotopic (exact) mass is 330 g/mol. The third-order valence-corrected chi connectivity index (χ3v) is 4.08. The van der Waals surface area contributed by atoms with Crippen molar-refractivity contribution >= 4 is 5.91 Å². The molecule has 23 heavy (non-hydrogen) atoms. The maximum Gasteiger partial charge on any atom is 0.254 e. The van der Waals surface area contributed by atoms with Gasteiger partial charge in [0.15, 0.2) is 17.4 Å². The summed E-state index contributed by atoms with van der Waals surface area (Å²) in [5, 5.41) is 14.9. The molecule has 2 rings (SSSR count). The number of rotatable bonds is 5. The number of nitrogens with one attached hydrogen (secondary N) is 2. The fourth-order valence-electron chi connectivity index (χ4n) is 2.79. The molecule has 1 aliphatic carbocycles. The van der Waals surface area contributed by atoms with Gasteiger partial charge in [0, 0.05) is 19.1 Å². The highest BCUT2D eigenvalue weighted by Crippen LogP contribution is 2.25. The molecule has 7 heteroatoms. The Morgan fingerprint density at radius 3 is 2.39 bits per heavy atom. The third-order valence-electron chi connectivity index (χ3n) is 4.08. The molecule has 0 radical (unpaired) electrons. The van der Waals surface area contributed by atoms with Crippen molar-refractivity contribution in [3.05, 3.63) is 29.1 Å². The van der Waals surface area contributed by atoms with Crippen molar-refractivity contribution in [2.45, 2.75) is 44.6 Å². The van der Waals surface area contributed by atoms with Crippen LogP contribution in [0.15, 0.2) is 6.07 Å². The molecular formula is C16H21F3N2O2. The van der Waals surface area contributed by atoms with E-state index in [4.69, 9.17) is 5.11 Å². The van der Waals surface area contributed by atoms with Gasteiger partial charge in [0.1, 0.15) is 0 Å². The maximum atomic E-state index is 13.6. The highest BCUT2D eigenvalue weighted by Gasteiger charge is 2.22. The number of phenolic OH excluding ortho intramolecular Hbond substituents is 1. The van der Waals surface area contributed by atoms with E-state index in [1.165, 1.54) is 25.7 Å². The van der Waals surface area contributed by atoms with Gasteiger partial charge in [0.2, 0.25) is 5.82 Å². The Balaban J connectivity index is 1.83. The molecule has 1 fully saturated rings. The van der Waals surface area contributed by atoms with Gasteiger partial charge >= 0.3 is 0 Å². The predicted octanol–water partition coefficient (Wildman–Crippen LogP) is 2.85. The van der Waals surface area contributed by atoms with E-state index in [1.54, 1.807) is 0 Å². The van der Waals surface area contributed by atoms with Gasteiger partial charge in [-0.2, -0.15) is 4.39 Å². The standard InChI is InChI=1S/C16H21F3N2O2/c17-12-9-11(13(18)15(22)14(12)19)16(23)21-8-7-20-10-5-3-1-2-4-6-10/h9-10,20,22H,1-8H2,(H,21,23). The topological polar surface area (TPSA) is 61.4 Å². The second kappa shape index (κ2) is 8.19. The zero-order valence-electron chi connectivity index (χ0n) is 12.8. The average Bonchev–Trinajstić information content (AvgIpc) is 2.81. The van der Waals surface area contributed by atoms with E-state index in [1.807, 2.05) is 0 Å². The fourth-order valence-corrected chi connectivity index (χ4v) is 2.79. The van der Waals surface area contributed by atoms with Gasteiger partial charge in [-0.05, 0) is 18.9 Å². The fraction of sp³-hybridized carbons (Fsp3) is 0.562. The van der Waals surface area contributed by atoms with Crippen LogP contribution in [0, 0.1) is 17.5 Å². The lowest BCUT2D eigenvalue weighted by Crippen LogP contribution is -2.37. The van der Waals surface area contributed by atoms with Crippen LogP contribution in [0.5, 0.6) is 5.75 Å². The Bertz CT molecular complexity index is 559. The summed E-state index contributed by atoms with van der Waals surface area (Å²) in [5.41, 5.74) is -0.712. The van der Waals surface area contributed by atoms with Gasteiger partial charge < -0.3 is 15.7 Å². The molecule has 0 spiro atoms. The number of phenols is 1. The molecule has 0 heterocycles. The summed E-state index contributed by atoms with van der Waals surface area (Å²) in [7, 11) is 0. The van der Waals surface area contributed by atoms with Crippen LogP contribution in [0.4, 0.5) is 13.2 Å². The van der Waals surface area contributed by atoms with Crippen LogP contribution in [-0.4, -0.2) is 30.1 Å². The number of aromatic hydroxyl groups is 1. The first kappa shape index (κ1) is 17.6. The molecule has 0 saturated heterocycles. The van der Waals surface area contributed by atoms with E-state index in [2.05, 4.69) is 10.6 Å². The smallest absolute Gasteiger partial charge is 0.254 e. The first-order valence-corrected chi connectivity index (χ1v) is 7.88. The second-order valence-electron chi connectivity index (χ2n) is 5.78. The summed E-state index contributed by atoms with van der Waals surface area (Å²) in [6.07, 6.45) is 7.05.